The van der Waals surface area contributed by atoms with Gasteiger partial charge in [0.15, 0.2) is 0 Å². The summed E-state index contributed by atoms with van der Waals surface area (Å²) in [6.07, 6.45) is 1.93. The van der Waals surface area contributed by atoms with E-state index >= 15 is 0 Å². The van der Waals surface area contributed by atoms with Gasteiger partial charge >= 0.3 is 0 Å². The molecular formula is C22H17N3O2S3. The van der Waals surface area contributed by atoms with Crippen LogP contribution in [0.3, 0.4) is 0 Å². The summed E-state index contributed by atoms with van der Waals surface area (Å²) in [5.74, 6) is 0.705. The fourth-order valence-electron chi connectivity index (χ4n) is 3.70. The maximum absolute atomic E-state index is 13.6. The highest BCUT2D eigenvalue weighted by atomic mass is 32.2. The first-order chi connectivity index (χ1) is 14.5. The minimum atomic E-state index is -3.69. The van der Waals surface area contributed by atoms with Gasteiger partial charge in [0.2, 0.25) is 0 Å². The Bertz CT molecular complexity index is 1430. The molecule has 5 nitrogen and oxygen atoms in total. The van der Waals surface area contributed by atoms with E-state index in [1.807, 2.05) is 54.2 Å². The second-order valence-electron chi connectivity index (χ2n) is 7.03. The molecule has 30 heavy (non-hydrogen) atoms. The molecule has 0 fully saturated rings. The van der Waals surface area contributed by atoms with E-state index in [2.05, 4.69) is 6.07 Å². The van der Waals surface area contributed by atoms with Crippen LogP contribution in [-0.4, -0.2) is 25.3 Å². The minimum Gasteiger partial charge on any atom is -0.351 e. The predicted octanol–water partition coefficient (Wildman–Crippen LogP) is 5.08. The van der Waals surface area contributed by atoms with E-state index in [1.165, 1.54) is 15.6 Å². The zero-order chi connectivity index (χ0) is 20.9. The smallest absolute Gasteiger partial charge is 0.264 e. The zero-order valence-electron chi connectivity index (χ0n) is 16.1. The van der Waals surface area contributed by atoms with Gasteiger partial charge in [-0.3, -0.25) is 4.31 Å². The normalized spacial score (nSPS) is 13.9. The van der Waals surface area contributed by atoms with Crippen LogP contribution in [-0.2, 0) is 17.1 Å². The second kappa shape index (κ2) is 7.20. The molecule has 0 bridgehead atoms. The van der Waals surface area contributed by atoms with Crippen molar-refractivity contribution in [3.8, 4) is 16.5 Å². The monoisotopic (exact) mass is 451 g/mol. The second-order valence-corrected chi connectivity index (χ2v) is 11.1. The summed E-state index contributed by atoms with van der Waals surface area (Å²) in [5, 5.41) is 10.0. The van der Waals surface area contributed by atoms with Crippen molar-refractivity contribution in [2.45, 2.75) is 9.79 Å². The molecule has 0 atom stereocenters. The number of hydrogen-bond donors (Lipinski definition) is 0. The molecule has 150 valence electrons. The van der Waals surface area contributed by atoms with Crippen LogP contribution >= 0.6 is 23.1 Å². The van der Waals surface area contributed by atoms with E-state index < -0.39 is 10.0 Å². The Morgan fingerprint density at radius 2 is 1.93 bits per heavy atom. The number of nitrogens with zero attached hydrogens (tertiary/aromatic N) is 3. The van der Waals surface area contributed by atoms with Crippen LogP contribution in [0.4, 0.5) is 5.69 Å². The van der Waals surface area contributed by atoms with E-state index in [0.29, 0.717) is 27.8 Å². The standard InChI is InChI=1S/C22H17N3O2S3/c1-24-9-8-15-12-18(4-5-19(15)24)30(26,27)25-10-11-28-22-6-2-16(13-20(22)25)21-7-3-17(14-23)29-21/h2-9,12-13H,10-11H2,1H3. The summed E-state index contributed by atoms with van der Waals surface area (Å²) >= 11 is 3.07. The van der Waals surface area contributed by atoms with E-state index in [-0.39, 0.29) is 0 Å². The summed E-state index contributed by atoms with van der Waals surface area (Å²) in [4.78, 5) is 2.84. The van der Waals surface area contributed by atoms with Crippen LogP contribution in [0.15, 0.2) is 70.6 Å². The Balaban J connectivity index is 1.60. The maximum atomic E-state index is 13.6. The van der Waals surface area contributed by atoms with Crippen molar-refractivity contribution in [1.29, 1.82) is 5.26 Å². The average Bonchev–Trinajstić information content (AvgIpc) is 3.39. The number of nitriles is 1. The third-order valence-electron chi connectivity index (χ3n) is 5.22. The van der Waals surface area contributed by atoms with E-state index in [1.54, 1.807) is 30.0 Å². The molecule has 8 heteroatoms. The summed E-state index contributed by atoms with van der Waals surface area (Å²) in [6, 6.07) is 18.9. The zero-order valence-corrected chi connectivity index (χ0v) is 18.5. The van der Waals surface area contributed by atoms with Crippen molar-refractivity contribution < 1.29 is 8.42 Å². The summed E-state index contributed by atoms with van der Waals surface area (Å²) in [7, 11) is -1.75. The van der Waals surface area contributed by atoms with Gasteiger partial charge in [0.1, 0.15) is 10.9 Å². The van der Waals surface area contributed by atoms with Gasteiger partial charge in [-0.15, -0.1) is 23.1 Å². The summed E-state index contributed by atoms with van der Waals surface area (Å²) < 4.78 is 30.6. The van der Waals surface area contributed by atoms with Crippen molar-refractivity contribution in [2.75, 3.05) is 16.6 Å². The highest BCUT2D eigenvalue weighted by Gasteiger charge is 2.30. The molecule has 0 unspecified atom stereocenters. The number of thioether (sulfide) groups is 1. The highest BCUT2D eigenvalue weighted by molar-refractivity contribution is 8.00. The van der Waals surface area contributed by atoms with Crippen molar-refractivity contribution in [3.63, 3.8) is 0 Å². The van der Waals surface area contributed by atoms with Crippen LogP contribution in [0, 0.1) is 11.3 Å². The molecule has 0 saturated heterocycles. The predicted molar refractivity (Wildman–Crippen MR) is 123 cm³/mol. The first kappa shape index (κ1) is 19.2. The Labute approximate surface area is 183 Å². The molecule has 2 aromatic carbocycles. The molecule has 0 spiro atoms. The third kappa shape index (κ3) is 3.10. The van der Waals surface area contributed by atoms with Crippen molar-refractivity contribution >= 4 is 49.7 Å². The lowest BCUT2D eigenvalue weighted by Crippen LogP contribution is -2.35. The van der Waals surface area contributed by atoms with Gasteiger partial charge in [0.25, 0.3) is 10.0 Å². The van der Waals surface area contributed by atoms with Gasteiger partial charge in [-0.1, -0.05) is 6.07 Å². The van der Waals surface area contributed by atoms with Gasteiger partial charge in [-0.25, -0.2) is 8.42 Å². The number of fused-ring (bicyclic) bond motifs is 2. The van der Waals surface area contributed by atoms with Gasteiger partial charge in [-0.05, 0) is 54.1 Å². The first-order valence-electron chi connectivity index (χ1n) is 9.32. The van der Waals surface area contributed by atoms with Gasteiger partial charge in [0.05, 0.1) is 10.6 Å². The lowest BCUT2D eigenvalue weighted by atomic mass is 10.1. The Morgan fingerprint density at radius 1 is 1.07 bits per heavy atom. The number of aryl methyl sites for hydroxylation is 1. The van der Waals surface area contributed by atoms with Crippen LogP contribution in [0.25, 0.3) is 21.3 Å². The van der Waals surface area contributed by atoms with Crippen LogP contribution < -0.4 is 4.31 Å². The molecule has 0 N–H and O–H groups in total. The molecule has 0 amide bonds. The Morgan fingerprint density at radius 3 is 2.73 bits per heavy atom. The molecule has 5 rings (SSSR count). The van der Waals surface area contributed by atoms with Gasteiger partial charge < -0.3 is 4.57 Å². The van der Waals surface area contributed by atoms with Crippen molar-refractivity contribution in [2.24, 2.45) is 7.05 Å². The number of thiophene rings is 1. The van der Waals surface area contributed by atoms with E-state index in [9.17, 15) is 8.42 Å². The molecular weight excluding hydrogens is 434 g/mol. The summed E-state index contributed by atoms with van der Waals surface area (Å²) in [6.45, 7) is 0.421. The Kier molecular flexibility index (Phi) is 4.62. The number of hydrogen-bond acceptors (Lipinski definition) is 5. The fraction of sp³-hybridized carbons (Fsp3) is 0.136. The highest BCUT2D eigenvalue weighted by Crippen LogP contribution is 2.41. The van der Waals surface area contributed by atoms with Gasteiger partial charge in [-0.2, -0.15) is 5.26 Å². The largest absolute Gasteiger partial charge is 0.351 e. The van der Waals surface area contributed by atoms with Crippen LogP contribution in [0.5, 0.6) is 0 Å². The number of sulfonamides is 1. The minimum absolute atomic E-state index is 0.298. The van der Waals surface area contributed by atoms with Gasteiger partial charge in [0, 0.05) is 46.2 Å². The first-order valence-corrected chi connectivity index (χ1v) is 12.6. The maximum Gasteiger partial charge on any atom is 0.264 e. The third-order valence-corrected chi connectivity index (χ3v) is 9.12. The number of aromatic nitrogens is 1. The quantitative estimate of drug-likeness (QED) is 0.436. The SMILES string of the molecule is Cn1ccc2cc(S(=O)(=O)N3CCSc4ccc(-c5ccc(C#N)s5)cc43)ccc21. The van der Waals surface area contributed by atoms with Crippen molar-refractivity contribution in [1.82, 2.24) is 4.57 Å². The average molecular weight is 452 g/mol. The number of anilines is 1. The van der Waals surface area contributed by atoms with Crippen LogP contribution in [0.1, 0.15) is 4.88 Å². The number of rotatable bonds is 3. The fourth-order valence-corrected chi connectivity index (χ4v) is 7.16. The Hall–Kier alpha value is -2.73. The van der Waals surface area contributed by atoms with Crippen molar-refractivity contribution in [3.05, 3.63) is 65.7 Å². The molecule has 2 aromatic heterocycles. The molecule has 1 aliphatic rings. The molecule has 1 aliphatic heterocycles. The van der Waals surface area contributed by atoms with Crippen LogP contribution in [0.2, 0.25) is 0 Å². The molecule has 3 heterocycles. The van der Waals surface area contributed by atoms with E-state index in [4.69, 9.17) is 5.26 Å². The number of benzene rings is 2. The summed E-state index contributed by atoms with van der Waals surface area (Å²) in [5.41, 5.74) is 2.61. The lowest BCUT2D eigenvalue weighted by molar-refractivity contribution is 0.591. The molecule has 0 aliphatic carbocycles. The topological polar surface area (TPSA) is 66.1 Å². The lowest BCUT2D eigenvalue weighted by Gasteiger charge is -2.30. The molecule has 4 aromatic rings. The molecule has 0 radical (unpaired) electrons. The van der Waals surface area contributed by atoms with E-state index in [0.717, 1.165) is 26.2 Å². The molecule has 0 saturated carbocycles.